The molecule has 0 aliphatic carbocycles. The Morgan fingerprint density at radius 3 is 1.43 bits per heavy atom. The predicted molar refractivity (Wildman–Crippen MR) is 316 cm³/mol. The van der Waals surface area contributed by atoms with Crippen LogP contribution >= 0.6 is 11.8 Å². The van der Waals surface area contributed by atoms with Gasteiger partial charge in [0.25, 0.3) is 0 Å². The molecule has 16 N–H and O–H groups in total. The molecule has 0 aliphatic heterocycles. The summed E-state index contributed by atoms with van der Waals surface area (Å²) in [4.78, 5) is 121. The number of phenolic OH excluding ortho intramolecular Hbond substituents is 1. The molecule has 6 atom stereocenters. The molecule has 0 saturated carbocycles. The Morgan fingerprint density at radius 2 is 0.963 bits per heavy atom. The first-order valence-electron chi connectivity index (χ1n) is 29.4. The van der Waals surface area contributed by atoms with E-state index in [0.717, 1.165) is 19.3 Å². The molecular weight excluding hydrogens is 1040 g/mol. The van der Waals surface area contributed by atoms with Crippen molar-refractivity contribution in [3.63, 3.8) is 0 Å². The first kappa shape index (κ1) is 72.3. The van der Waals surface area contributed by atoms with E-state index in [9.17, 15) is 48.3 Å². The standard InChI is InChI=1S/C57H102N12O10S/c1-6-7-8-9-10-11-12-13-14-15-16-17-18-27-49(71)64-46(32-36-80-5)52(74)63-39-50(72)65-48(38-41-28-30-42(70)31-29-41)56(78)68-45(26-23-35-62-57(60)79)54(76)66-43(24-19-21-33-58)53(75)67-44(25-20-22-34-59)55(77)69-47(37-40(2)3)51(73)61-4/h28-31,40,43-48,70H,6-27,32-39,58-59H2,1-5H3,(H,61,73)(H,63,74)(H,64,71)(H,65,72)(H,66,76)(H,67,75)(H,68,78)(H,69,77)(H3,60,62,79)/t43-,44-,45-,46-,47-,48-/m0/s1. The van der Waals surface area contributed by atoms with E-state index < -0.39 is 90.2 Å². The Morgan fingerprint density at radius 1 is 0.512 bits per heavy atom. The maximum absolute atomic E-state index is 14.4. The molecule has 0 radical (unpaired) electrons. The molecule has 22 nitrogen and oxygen atoms in total. The molecule has 80 heavy (non-hydrogen) atoms. The van der Waals surface area contributed by atoms with Gasteiger partial charge in [0.1, 0.15) is 42.0 Å². The highest BCUT2D eigenvalue weighted by atomic mass is 32.2. The van der Waals surface area contributed by atoms with Crippen LogP contribution in [0.4, 0.5) is 4.79 Å². The van der Waals surface area contributed by atoms with E-state index in [1.807, 2.05) is 20.1 Å². The average Bonchev–Trinajstić information content (AvgIpc) is 3.42. The van der Waals surface area contributed by atoms with Crippen molar-refractivity contribution in [3.8, 4) is 5.75 Å². The minimum absolute atomic E-state index is 0.0219. The Balaban J connectivity index is 3.27. The number of likely N-dealkylation sites (N-methyl/N-ethyl adjacent to an activating group) is 1. The van der Waals surface area contributed by atoms with Crippen molar-refractivity contribution < 1.29 is 48.3 Å². The third kappa shape index (κ3) is 34.5. The molecule has 0 heterocycles. The number of nitrogens with two attached hydrogens (primary N) is 3. The first-order chi connectivity index (χ1) is 38.4. The monoisotopic (exact) mass is 1150 g/mol. The third-order valence-corrected chi connectivity index (χ3v) is 14.2. The number of hydrogen-bond acceptors (Lipinski definition) is 13. The van der Waals surface area contributed by atoms with Crippen LogP contribution in [-0.2, 0) is 44.8 Å². The zero-order valence-corrected chi connectivity index (χ0v) is 49.6. The van der Waals surface area contributed by atoms with Crippen LogP contribution in [0.2, 0.25) is 0 Å². The van der Waals surface area contributed by atoms with Gasteiger partial charge in [-0.15, -0.1) is 0 Å². The fourth-order valence-corrected chi connectivity index (χ4v) is 9.43. The quantitative estimate of drug-likeness (QED) is 0.0415. The molecule has 1 aromatic carbocycles. The fraction of sp³-hybridized carbons (Fsp3) is 0.737. The molecule has 1 aromatic rings. The van der Waals surface area contributed by atoms with Gasteiger partial charge in [0, 0.05) is 26.4 Å². The molecular formula is C57H102N12O10S. The predicted octanol–water partition coefficient (Wildman–Crippen LogP) is 3.69. The highest BCUT2D eigenvalue weighted by molar-refractivity contribution is 7.98. The molecule has 0 fully saturated rings. The van der Waals surface area contributed by atoms with Crippen LogP contribution in [0.5, 0.6) is 5.75 Å². The van der Waals surface area contributed by atoms with Gasteiger partial charge in [0.05, 0.1) is 6.54 Å². The second-order valence-corrected chi connectivity index (χ2v) is 22.1. The van der Waals surface area contributed by atoms with Crippen molar-refractivity contribution in [2.45, 2.75) is 218 Å². The second kappa shape index (κ2) is 45.0. The fourth-order valence-electron chi connectivity index (χ4n) is 8.96. The van der Waals surface area contributed by atoms with Crippen molar-refractivity contribution in [3.05, 3.63) is 29.8 Å². The van der Waals surface area contributed by atoms with Gasteiger partial charge in [-0.25, -0.2) is 4.79 Å². The number of primary amides is 1. The number of phenols is 1. The lowest BCUT2D eigenvalue weighted by atomic mass is 10.0. The SMILES string of the molecule is CCCCCCCCCCCCCCCC(=O)N[C@@H](CCSC)C(=O)NCC(=O)N[C@@H](Cc1ccc(O)cc1)C(=O)N[C@@H](CCCNC(N)=O)C(=O)N[C@@H](CCCCN)C(=O)N[C@@H](CCCCN)C(=O)N[C@@H](CC(C)C)C(=O)NC. The summed E-state index contributed by atoms with van der Waals surface area (Å²) in [5.74, 6) is -4.30. The molecule has 0 saturated heterocycles. The van der Waals surface area contributed by atoms with Gasteiger partial charge in [-0.2, -0.15) is 11.8 Å². The highest BCUT2D eigenvalue weighted by Gasteiger charge is 2.33. The van der Waals surface area contributed by atoms with Gasteiger partial charge in [0.15, 0.2) is 0 Å². The summed E-state index contributed by atoms with van der Waals surface area (Å²) in [5.41, 5.74) is 17.4. The minimum atomic E-state index is -1.35. The summed E-state index contributed by atoms with van der Waals surface area (Å²) in [6.45, 7) is 6.14. The van der Waals surface area contributed by atoms with E-state index in [1.165, 1.54) is 88.7 Å². The Bertz CT molecular complexity index is 1970. The zero-order chi connectivity index (χ0) is 59.5. The number of unbranched alkanes of at least 4 members (excludes halogenated alkanes) is 14. The molecule has 0 aromatic heterocycles. The van der Waals surface area contributed by atoms with Crippen LogP contribution in [0.1, 0.15) is 180 Å². The molecule has 0 spiro atoms. The summed E-state index contributed by atoms with van der Waals surface area (Å²) >= 11 is 1.51. The lowest BCUT2D eigenvalue weighted by molar-refractivity contribution is -0.135. The number of nitrogens with one attached hydrogen (secondary N) is 9. The number of thioether (sulfide) groups is 1. The van der Waals surface area contributed by atoms with Crippen molar-refractivity contribution in [1.29, 1.82) is 0 Å². The first-order valence-corrected chi connectivity index (χ1v) is 30.8. The Hall–Kier alpha value is -5.68. The van der Waals surface area contributed by atoms with E-state index in [1.54, 1.807) is 12.1 Å². The summed E-state index contributed by atoms with van der Waals surface area (Å²) in [7, 11) is 1.46. The Kier molecular flexibility index (Phi) is 40.7. The number of amides is 10. The molecule has 10 amide bonds. The normalized spacial score (nSPS) is 13.3. The number of urea groups is 1. The molecule has 23 heteroatoms. The molecule has 0 aliphatic rings. The number of rotatable bonds is 47. The summed E-state index contributed by atoms with van der Waals surface area (Å²) in [5, 5.41) is 34.1. The van der Waals surface area contributed by atoms with Crippen LogP contribution in [0.3, 0.4) is 0 Å². The van der Waals surface area contributed by atoms with Crippen LogP contribution < -0.4 is 65.1 Å². The van der Waals surface area contributed by atoms with E-state index in [0.29, 0.717) is 69.4 Å². The second-order valence-electron chi connectivity index (χ2n) is 21.1. The number of benzene rings is 1. The van der Waals surface area contributed by atoms with Crippen LogP contribution in [0.25, 0.3) is 0 Å². The summed E-state index contributed by atoms with van der Waals surface area (Å²) in [6.07, 6.45) is 20.2. The number of carbonyl (C=O) groups is 9. The highest BCUT2D eigenvalue weighted by Crippen LogP contribution is 2.16. The average molecular weight is 1150 g/mol. The maximum atomic E-state index is 14.4. The molecule has 0 unspecified atom stereocenters. The van der Waals surface area contributed by atoms with Crippen molar-refractivity contribution in [2.75, 3.05) is 45.2 Å². The van der Waals surface area contributed by atoms with Crippen LogP contribution in [0, 0.1) is 5.92 Å². The van der Waals surface area contributed by atoms with Crippen molar-refractivity contribution in [2.24, 2.45) is 23.1 Å². The number of hydrogen-bond donors (Lipinski definition) is 13. The third-order valence-electron chi connectivity index (χ3n) is 13.6. The smallest absolute Gasteiger partial charge is 0.312 e. The minimum Gasteiger partial charge on any atom is -0.508 e. The molecule has 0 bridgehead atoms. The largest absolute Gasteiger partial charge is 0.508 e. The van der Waals surface area contributed by atoms with E-state index in [4.69, 9.17) is 17.2 Å². The topological polar surface area (TPSA) is 360 Å². The Labute approximate surface area is 480 Å². The number of carbonyl (C=O) groups excluding carboxylic acids is 9. The van der Waals surface area contributed by atoms with Crippen LogP contribution in [0.15, 0.2) is 24.3 Å². The molecule has 456 valence electrons. The van der Waals surface area contributed by atoms with Gasteiger partial charge < -0.3 is 70.2 Å². The van der Waals surface area contributed by atoms with E-state index in [-0.39, 0.29) is 62.6 Å². The van der Waals surface area contributed by atoms with Gasteiger partial charge in [-0.1, -0.05) is 110 Å². The molecule has 1 rings (SSSR count). The zero-order valence-electron chi connectivity index (χ0n) is 48.8. The van der Waals surface area contributed by atoms with Crippen LogP contribution in [-0.4, -0.2) is 140 Å². The maximum Gasteiger partial charge on any atom is 0.312 e. The number of aromatic hydroxyl groups is 1. The summed E-state index contributed by atoms with van der Waals surface area (Å²) in [6, 6.07) is -1.70. The van der Waals surface area contributed by atoms with Gasteiger partial charge in [-0.05, 0) is 119 Å². The van der Waals surface area contributed by atoms with Crippen molar-refractivity contribution in [1.82, 2.24) is 47.9 Å². The lowest BCUT2D eigenvalue weighted by Crippen LogP contribution is -2.59. The van der Waals surface area contributed by atoms with Gasteiger partial charge >= 0.3 is 6.03 Å². The van der Waals surface area contributed by atoms with Crippen molar-refractivity contribution >= 4 is 65.1 Å². The summed E-state index contributed by atoms with van der Waals surface area (Å²) < 4.78 is 0. The van der Waals surface area contributed by atoms with E-state index >= 15 is 0 Å². The van der Waals surface area contributed by atoms with Gasteiger partial charge in [0.2, 0.25) is 47.3 Å². The lowest BCUT2D eigenvalue weighted by Gasteiger charge is -2.27. The van der Waals surface area contributed by atoms with Gasteiger partial charge in [-0.3, -0.25) is 38.4 Å². The van der Waals surface area contributed by atoms with E-state index in [2.05, 4.69) is 54.8 Å².